The molecule has 146 valence electrons. The number of nitrogens with zero attached hydrogens (tertiary/aromatic N) is 1. The molecular formula is C24H23N3O2. The van der Waals surface area contributed by atoms with Gasteiger partial charge in [0.05, 0.1) is 0 Å². The largest absolute Gasteiger partial charge is 0.323 e. The summed E-state index contributed by atoms with van der Waals surface area (Å²) in [4.78, 5) is 27.1. The molecule has 2 N–H and O–H groups in total. The van der Waals surface area contributed by atoms with Gasteiger partial charge in [-0.15, -0.1) is 0 Å². The summed E-state index contributed by atoms with van der Waals surface area (Å²) in [7, 11) is 0. The van der Waals surface area contributed by atoms with Crippen molar-refractivity contribution in [3.8, 4) is 0 Å². The Hall–Kier alpha value is -3.60. The Morgan fingerprint density at radius 3 is 2.48 bits per heavy atom. The molecule has 3 amide bonds. The minimum Gasteiger partial charge on any atom is -0.308 e. The predicted octanol–water partition coefficient (Wildman–Crippen LogP) is 5.10. The maximum absolute atomic E-state index is 12.9. The Balaban J connectivity index is 1.51. The predicted molar refractivity (Wildman–Crippen MR) is 117 cm³/mol. The zero-order valence-electron chi connectivity index (χ0n) is 16.3. The van der Waals surface area contributed by atoms with E-state index < -0.39 is 0 Å². The van der Waals surface area contributed by atoms with Crippen LogP contribution in [0.2, 0.25) is 0 Å². The second-order valence-electron chi connectivity index (χ2n) is 7.01. The zero-order valence-corrected chi connectivity index (χ0v) is 16.3. The van der Waals surface area contributed by atoms with Gasteiger partial charge in [0.15, 0.2) is 0 Å². The summed E-state index contributed by atoms with van der Waals surface area (Å²) in [6.07, 6.45) is 1.65. The van der Waals surface area contributed by atoms with Crippen molar-refractivity contribution in [3.63, 3.8) is 0 Å². The molecule has 3 aromatic carbocycles. The van der Waals surface area contributed by atoms with Crippen LogP contribution in [0.25, 0.3) is 0 Å². The Morgan fingerprint density at radius 1 is 0.931 bits per heavy atom. The molecule has 0 unspecified atom stereocenters. The molecule has 0 radical (unpaired) electrons. The second-order valence-corrected chi connectivity index (χ2v) is 7.01. The summed E-state index contributed by atoms with van der Waals surface area (Å²) in [6.45, 7) is 2.69. The summed E-state index contributed by atoms with van der Waals surface area (Å²) in [6, 6.07) is 22.4. The molecule has 0 aliphatic carbocycles. The summed E-state index contributed by atoms with van der Waals surface area (Å²) in [5, 5.41) is 5.79. The first kappa shape index (κ1) is 18.7. The van der Waals surface area contributed by atoms with Crippen LogP contribution >= 0.6 is 0 Å². The van der Waals surface area contributed by atoms with Crippen LogP contribution in [0.1, 0.15) is 28.4 Å². The summed E-state index contributed by atoms with van der Waals surface area (Å²) in [5.41, 5.74) is 5.16. The number of benzene rings is 3. The number of anilines is 3. The van der Waals surface area contributed by atoms with E-state index in [-0.39, 0.29) is 11.9 Å². The van der Waals surface area contributed by atoms with Crippen molar-refractivity contribution in [2.45, 2.75) is 19.8 Å². The summed E-state index contributed by atoms with van der Waals surface area (Å²) >= 11 is 0. The van der Waals surface area contributed by atoms with Crippen molar-refractivity contribution in [1.82, 2.24) is 0 Å². The molecule has 4 rings (SSSR count). The highest BCUT2D eigenvalue weighted by Crippen LogP contribution is 2.32. The molecular weight excluding hydrogens is 362 g/mol. The molecule has 1 heterocycles. The van der Waals surface area contributed by atoms with E-state index in [1.807, 2.05) is 72.8 Å². The number of fused-ring (bicyclic) bond motifs is 1. The van der Waals surface area contributed by atoms with E-state index in [2.05, 4.69) is 17.6 Å². The van der Waals surface area contributed by atoms with Crippen molar-refractivity contribution >= 4 is 29.0 Å². The maximum atomic E-state index is 12.9. The van der Waals surface area contributed by atoms with Gasteiger partial charge in [0.1, 0.15) is 0 Å². The first-order valence-corrected chi connectivity index (χ1v) is 9.81. The van der Waals surface area contributed by atoms with Gasteiger partial charge in [-0.25, -0.2) is 4.79 Å². The van der Waals surface area contributed by atoms with Crippen LogP contribution in [0.15, 0.2) is 72.8 Å². The van der Waals surface area contributed by atoms with Crippen LogP contribution in [0.3, 0.4) is 0 Å². The molecule has 0 saturated heterocycles. The van der Waals surface area contributed by atoms with Gasteiger partial charge in [-0.05, 0) is 54.3 Å². The number of carbonyl (C=O) groups is 2. The van der Waals surface area contributed by atoms with Crippen molar-refractivity contribution in [2.75, 3.05) is 22.1 Å². The number of para-hydroxylation sites is 1. The second kappa shape index (κ2) is 8.19. The third-order valence-electron chi connectivity index (χ3n) is 5.15. The van der Waals surface area contributed by atoms with E-state index >= 15 is 0 Å². The van der Waals surface area contributed by atoms with Crippen molar-refractivity contribution in [2.24, 2.45) is 0 Å². The van der Waals surface area contributed by atoms with Crippen LogP contribution < -0.4 is 15.5 Å². The van der Waals surface area contributed by atoms with E-state index in [0.29, 0.717) is 17.8 Å². The molecule has 0 fully saturated rings. The average molecular weight is 385 g/mol. The van der Waals surface area contributed by atoms with Crippen LogP contribution in [0.5, 0.6) is 0 Å². The van der Waals surface area contributed by atoms with Gasteiger partial charge in [0, 0.05) is 29.2 Å². The number of rotatable bonds is 4. The Kier molecular flexibility index (Phi) is 5.29. The highest BCUT2D eigenvalue weighted by atomic mass is 16.2. The van der Waals surface area contributed by atoms with Gasteiger partial charge in [-0.2, -0.15) is 0 Å². The standard InChI is InChI=1S/C24H23N3O2/c1-2-17-8-6-7-11-21(17)26-24(29)25-20-13-12-18-14-15-27(22(18)16-20)23(28)19-9-4-3-5-10-19/h3-13,16H,2,14-15H2,1H3,(H2,25,26,29). The Labute approximate surface area is 170 Å². The van der Waals surface area contributed by atoms with Gasteiger partial charge in [0.25, 0.3) is 5.91 Å². The molecule has 0 aromatic heterocycles. The van der Waals surface area contributed by atoms with E-state index in [9.17, 15) is 9.59 Å². The highest BCUT2D eigenvalue weighted by molar-refractivity contribution is 6.08. The third kappa shape index (κ3) is 3.99. The Bertz CT molecular complexity index is 1050. The van der Waals surface area contributed by atoms with Gasteiger partial charge in [-0.3, -0.25) is 4.79 Å². The minimum atomic E-state index is -0.301. The van der Waals surface area contributed by atoms with Crippen LogP contribution in [0.4, 0.5) is 21.9 Å². The first-order valence-electron chi connectivity index (χ1n) is 9.81. The van der Waals surface area contributed by atoms with Crippen molar-refractivity contribution < 1.29 is 9.59 Å². The fourth-order valence-electron chi connectivity index (χ4n) is 3.64. The average Bonchev–Trinajstić information content (AvgIpc) is 3.17. The Morgan fingerprint density at radius 2 is 1.69 bits per heavy atom. The fourth-order valence-corrected chi connectivity index (χ4v) is 3.64. The van der Waals surface area contributed by atoms with Gasteiger partial charge in [0.2, 0.25) is 0 Å². The lowest BCUT2D eigenvalue weighted by atomic mass is 10.1. The van der Waals surface area contributed by atoms with E-state index in [1.165, 1.54) is 0 Å². The molecule has 1 aliphatic rings. The molecule has 3 aromatic rings. The molecule has 0 atom stereocenters. The zero-order chi connectivity index (χ0) is 20.2. The van der Waals surface area contributed by atoms with Crippen LogP contribution in [-0.2, 0) is 12.8 Å². The molecule has 5 heteroatoms. The van der Waals surface area contributed by atoms with Crippen molar-refractivity contribution in [3.05, 3.63) is 89.5 Å². The third-order valence-corrected chi connectivity index (χ3v) is 5.15. The smallest absolute Gasteiger partial charge is 0.308 e. The lowest BCUT2D eigenvalue weighted by molar-refractivity contribution is 0.0989. The maximum Gasteiger partial charge on any atom is 0.323 e. The number of urea groups is 1. The summed E-state index contributed by atoms with van der Waals surface area (Å²) in [5.74, 6) is -0.0252. The van der Waals surface area contributed by atoms with Gasteiger partial charge < -0.3 is 15.5 Å². The van der Waals surface area contributed by atoms with Gasteiger partial charge in [-0.1, -0.05) is 49.4 Å². The SMILES string of the molecule is CCc1ccccc1NC(=O)Nc1ccc2c(c1)N(C(=O)c1ccccc1)CC2. The molecule has 0 spiro atoms. The highest BCUT2D eigenvalue weighted by Gasteiger charge is 2.26. The van der Waals surface area contributed by atoms with Crippen LogP contribution in [-0.4, -0.2) is 18.5 Å². The lowest BCUT2D eigenvalue weighted by Crippen LogP contribution is -2.29. The number of nitrogens with one attached hydrogen (secondary N) is 2. The molecule has 29 heavy (non-hydrogen) atoms. The number of aryl methyl sites for hydroxylation is 1. The van der Waals surface area contributed by atoms with Crippen molar-refractivity contribution in [1.29, 1.82) is 0 Å². The molecule has 0 saturated carbocycles. The molecule has 0 bridgehead atoms. The monoisotopic (exact) mass is 385 g/mol. The van der Waals surface area contributed by atoms with Gasteiger partial charge >= 0.3 is 6.03 Å². The number of hydrogen-bond acceptors (Lipinski definition) is 2. The number of carbonyl (C=O) groups excluding carboxylic acids is 2. The first-order chi connectivity index (χ1) is 14.2. The lowest BCUT2D eigenvalue weighted by Gasteiger charge is -2.18. The quantitative estimate of drug-likeness (QED) is 0.657. The van der Waals surface area contributed by atoms with E-state index in [0.717, 1.165) is 35.3 Å². The topological polar surface area (TPSA) is 61.4 Å². The number of amides is 3. The normalized spacial score (nSPS) is 12.4. The molecule has 5 nitrogen and oxygen atoms in total. The summed E-state index contributed by atoms with van der Waals surface area (Å²) < 4.78 is 0. The van der Waals surface area contributed by atoms with Crippen LogP contribution in [0, 0.1) is 0 Å². The number of hydrogen-bond donors (Lipinski definition) is 2. The van der Waals surface area contributed by atoms with E-state index in [1.54, 1.807) is 4.90 Å². The minimum absolute atomic E-state index is 0.0252. The van der Waals surface area contributed by atoms with E-state index in [4.69, 9.17) is 0 Å². The molecule has 1 aliphatic heterocycles. The fraction of sp³-hybridized carbons (Fsp3) is 0.167.